The van der Waals surface area contributed by atoms with Crippen LogP contribution in [0.1, 0.15) is 42.7 Å². The molecule has 144 valence electrons. The summed E-state index contributed by atoms with van der Waals surface area (Å²) in [5.41, 5.74) is 0.991. The number of carbonyl (C=O) groups is 1. The zero-order valence-electron chi connectivity index (χ0n) is 15.9. The molecule has 3 N–H and O–H groups in total. The van der Waals surface area contributed by atoms with Gasteiger partial charge in [0.25, 0.3) is 0 Å². The van der Waals surface area contributed by atoms with Crippen molar-refractivity contribution >= 4 is 17.4 Å². The van der Waals surface area contributed by atoms with Gasteiger partial charge in [-0.25, -0.2) is 0 Å². The van der Waals surface area contributed by atoms with E-state index in [0.29, 0.717) is 16.9 Å². The number of ketones is 1. The molecule has 0 unspecified atom stereocenters. The highest BCUT2D eigenvalue weighted by Gasteiger charge is 2.43. The topological polar surface area (TPSA) is 107 Å². The molecular formula is C21H22N4O3. The van der Waals surface area contributed by atoms with Gasteiger partial charge in [0, 0.05) is 16.8 Å². The highest BCUT2D eigenvalue weighted by molar-refractivity contribution is 5.95. The molecule has 7 heteroatoms. The summed E-state index contributed by atoms with van der Waals surface area (Å²) in [6.07, 6.45) is 0.808. The van der Waals surface area contributed by atoms with Crippen LogP contribution in [-0.4, -0.2) is 28.6 Å². The van der Waals surface area contributed by atoms with E-state index >= 15 is 0 Å². The highest BCUT2D eigenvalue weighted by atomic mass is 16.5. The van der Waals surface area contributed by atoms with E-state index in [-0.39, 0.29) is 11.7 Å². The fraction of sp³-hybridized carbons (Fsp3) is 0.286. The van der Waals surface area contributed by atoms with Gasteiger partial charge in [-0.1, -0.05) is 18.2 Å². The number of ether oxygens (including phenoxy) is 1. The number of benzene rings is 2. The lowest BCUT2D eigenvalue weighted by Gasteiger charge is -2.42. The van der Waals surface area contributed by atoms with E-state index in [1.54, 1.807) is 38.2 Å². The van der Waals surface area contributed by atoms with Gasteiger partial charge in [-0.2, -0.15) is 5.26 Å². The van der Waals surface area contributed by atoms with Crippen molar-refractivity contribution in [2.24, 2.45) is 4.99 Å². The number of Topliss-reactive ketones (excluding diaryl/α,β-unsaturated/α-hetero) is 1. The summed E-state index contributed by atoms with van der Waals surface area (Å²) in [5, 5.41) is 26.1. The first kappa shape index (κ1) is 19.4. The number of nitrogens with one attached hydrogen (secondary N) is 2. The van der Waals surface area contributed by atoms with Crippen LogP contribution in [0.15, 0.2) is 53.5 Å². The molecule has 1 aliphatic heterocycles. The second-order valence-electron chi connectivity index (χ2n) is 7.13. The minimum Gasteiger partial charge on any atom is -0.485 e. The quantitative estimate of drug-likeness (QED) is 0.328. The molecule has 3 rings (SSSR count). The molecule has 0 aromatic heterocycles. The Bertz CT molecular complexity index is 948. The highest BCUT2D eigenvalue weighted by Crippen LogP contribution is 2.40. The van der Waals surface area contributed by atoms with E-state index in [2.05, 4.69) is 15.6 Å². The van der Waals surface area contributed by atoms with Gasteiger partial charge in [0.15, 0.2) is 5.78 Å². The minimum atomic E-state index is -0.955. The molecule has 2 atom stereocenters. The maximum atomic E-state index is 11.8. The Hall–Kier alpha value is -3.37. The number of carbonyl (C=O) groups excluding carboxylic acids is 1. The Morgan fingerprint density at radius 3 is 2.61 bits per heavy atom. The maximum Gasteiger partial charge on any atom is 0.212 e. The molecule has 0 spiro atoms. The third kappa shape index (κ3) is 3.97. The van der Waals surface area contributed by atoms with Crippen LogP contribution < -0.4 is 15.4 Å². The first-order chi connectivity index (χ1) is 13.3. The van der Waals surface area contributed by atoms with Crippen LogP contribution in [0, 0.1) is 11.5 Å². The normalized spacial score (nSPS) is 20.3. The minimum absolute atomic E-state index is 0.0887. The van der Waals surface area contributed by atoms with Crippen LogP contribution >= 0.6 is 0 Å². The van der Waals surface area contributed by atoms with E-state index in [1.165, 1.54) is 6.92 Å². The molecule has 0 radical (unpaired) electrons. The van der Waals surface area contributed by atoms with Gasteiger partial charge in [-0.3, -0.25) is 4.79 Å². The van der Waals surface area contributed by atoms with Crippen molar-refractivity contribution < 1.29 is 14.6 Å². The molecule has 28 heavy (non-hydrogen) atoms. The molecule has 0 bridgehead atoms. The van der Waals surface area contributed by atoms with E-state index in [4.69, 9.17) is 10.00 Å². The number of hydrogen-bond donors (Lipinski definition) is 3. The van der Waals surface area contributed by atoms with E-state index < -0.39 is 17.7 Å². The first-order valence-electron chi connectivity index (χ1n) is 8.89. The van der Waals surface area contributed by atoms with Gasteiger partial charge in [0.1, 0.15) is 17.5 Å². The number of hydrogen-bond acceptors (Lipinski definition) is 5. The van der Waals surface area contributed by atoms with Crippen molar-refractivity contribution in [1.29, 1.82) is 5.26 Å². The summed E-state index contributed by atoms with van der Waals surface area (Å²) < 4.78 is 5.93. The Labute approximate surface area is 163 Å². The molecule has 2 aromatic carbocycles. The van der Waals surface area contributed by atoms with E-state index in [9.17, 15) is 9.90 Å². The van der Waals surface area contributed by atoms with Gasteiger partial charge in [-0.05, 0) is 51.1 Å². The Kier molecular flexibility index (Phi) is 5.34. The van der Waals surface area contributed by atoms with E-state index in [0.717, 1.165) is 5.69 Å². The van der Waals surface area contributed by atoms with Crippen molar-refractivity contribution in [1.82, 2.24) is 5.32 Å². The van der Waals surface area contributed by atoms with Gasteiger partial charge in [0.05, 0.1) is 6.04 Å². The van der Waals surface area contributed by atoms with Crippen LogP contribution in [0.4, 0.5) is 5.69 Å². The van der Waals surface area contributed by atoms with Crippen molar-refractivity contribution in [3.8, 4) is 11.9 Å². The average molecular weight is 378 g/mol. The predicted molar refractivity (Wildman–Crippen MR) is 106 cm³/mol. The molecule has 0 saturated carbocycles. The fourth-order valence-corrected chi connectivity index (χ4v) is 3.13. The third-order valence-corrected chi connectivity index (χ3v) is 4.64. The second-order valence-corrected chi connectivity index (χ2v) is 7.13. The second kappa shape index (κ2) is 7.71. The number of nitriles is 1. The summed E-state index contributed by atoms with van der Waals surface area (Å²) in [5.74, 6) is 0.664. The lowest BCUT2D eigenvalue weighted by molar-refractivity contribution is -0.0610. The summed E-state index contributed by atoms with van der Waals surface area (Å²) in [6.45, 7) is 5.04. The summed E-state index contributed by atoms with van der Waals surface area (Å²) in [6, 6.07) is 13.7. The lowest BCUT2D eigenvalue weighted by atomic mass is 9.85. The average Bonchev–Trinajstić information content (AvgIpc) is 2.65. The lowest BCUT2D eigenvalue weighted by Crippen LogP contribution is -2.54. The molecule has 0 aliphatic carbocycles. The number of fused-ring (bicyclic) bond motifs is 1. The summed E-state index contributed by atoms with van der Waals surface area (Å²) >= 11 is 0. The number of nitrogens with zero attached hydrogens (tertiary/aromatic N) is 2. The number of guanidine groups is 1. The molecule has 1 aliphatic rings. The molecule has 2 aromatic rings. The number of rotatable bonds is 3. The van der Waals surface area contributed by atoms with Crippen molar-refractivity contribution in [2.45, 2.75) is 38.5 Å². The Morgan fingerprint density at radius 1 is 1.25 bits per heavy atom. The van der Waals surface area contributed by atoms with Crippen LogP contribution in [-0.2, 0) is 0 Å². The predicted octanol–water partition coefficient (Wildman–Crippen LogP) is 3.00. The Morgan fingerprint density at radius 2 is 1.96 bits per heavy atom. The number of para-hydroxylation sites is 1. The van der Waals surface area contributed by atoms with Crippen LogP contribution in [0.2, 0.25) is 0 Å². The largest absolute Gasteiger partial charge is 0.485 e. The number of aliphatic hydroxyl groups is 1. The van der Waals surface area contributed by atoms with Gasteiger partial charge >= 0.3 is 0 Å². The zero-order valence-corrected chi connectivity index (χ0v) is 15.9. The standard InChI is InChI=1S/C21H22N4O3/c1-13(26)14-9-10-17-16(11-14)18(19(27)21(2,3)28-17)25-20(23-12-22)24-15-7-5-4-6-8-15/h4-11,18-19,27H,1-3H3,(H2,23,24,25)/t18-,19+/m1/s1. The molecular weight excluding hydrogens is 356 g/mol. The van der Waals surface area contributed by atoms with Gasteiger partial charge in [-0.15, -0.1) is 4.99 Å². The molecule has 0 saturated heterocycles. The fourth-order valence-electron chi connectivity index (χ4n) is 3.13. The van der Waals surface area contributed by atoms with Crippen LogP contribution in [0.3, 0.4) is 0 Å². The van der Waals surface area contributed by atoms with Crippen LogP contribution in [0.25, 0.3) is 0 Å². The molecule has 0 fully saturated rings. The number of aliphatic imine (C=N–C) groups is 1. The van der Waals surface area contributed by atoms with Gasteiger partial charge < -0.3 is 20.5 Å². The van der Waals surface area contributed by atoms with E-state index in [1.807, 2.05) is 30.3 Å². The SMILES string of the molecule is CC(=O)c1ccc2c(c1)[C@@H](NC(=NC#N)Nc1ccccc1)[C@H](O)C(C)(C)O2. The number of anilines is 1. The third-order valence-electron chi connectivity index (χ3n) is 4.64. The number of aliphatic hydroxyl groups excluding tert-OH is 1. The maximum absolute atomic E-state index is 11.8. The van der Waals surface area contributed by atoms with Crippen LogP contribution in [0.5, 0.6) is 5.75 Å². The van der Waals surface area contributed by atoms with Crippen molar-refractivity contribution in [2.75, 3.05) is 5.32 Å². The van der Waals surface area contributed by atoms with Crippen molar-refractivity contribution in [3.05, 3.63) is 59.7 Å². The first-order valence-corrected chi connectivity index (χ1v) is 8.89. The van der Waals surface area contributed by atoms with Gasteiger partial charge in [0.2, 0.25) is 12.2 Å². The Balaban J connectivity index is 1.98. The summed E-state index contributed by atoms with van der Waals surface area (Å²) in [7, 11) is 0. The monoisotopic (exact) mass is 378 g/mol. The zero-order chi connectivity index (χ0) is 20.3. The summed E-state index contributed by atoms with van der Waals surface area (Å²) in [4.78, 5) is 15.6. The molecule has 7 nitrogen and oxygen atoms in total. The smallest absolute Gasteiger partial charge is 0.212 e. The molecule has 0 amide bonds. The van der Waals surface area contributed by atoms with Crippen molar-refractivity contribution in [3.63, 3.8) is 0 Å². The molecule has 1 heterocycles.